The third-order valence-corrected chi connectivity index (χ3v) is 5.65. The third-order valence-electron chi connectivity index (χ3n) is 3.86. The Kier molecular flexibility index (Phi) is 7.10. The highest BCUT2D eigenvalue weighted by Crippen LogP contribution is 2.27. The molecule has 1 aromatic carbocycles. The maximum absolute atomic E-state index is 12.6. The molecule has 2 heterocycles. The van der Waals surface area contributed by atoms with Crippen LogP contribution >= 0.6 is 23.1 Å². The number of anilines is 1. The van der Waals surface area contributed by atoms with Crippen molar-refractivity contribution < 1.29 is 24.2 Å². The van der Waals surface area contributed by atoms with E-state index in [4.69, 9.17) is 14.6 Å². The van der Waals surface area contributed by atoms with Gasteiger partial charge in [0.05, 0.1) is 12.7 Å². The second-order valence-electron chi connectivity index (χ2n) is 6.59. The van der Waals surface area contributed by atoms with Crippen molar-refractivity contribution in [1.29, 1.82) is 0 Å². The summed E-state index contributed by atoms with van der Waals surface area (Å²) in [5, 5.41) is 20.7. The van der Waals surface area contributed by atoms with Crippen LogP contribution in [0.2, 0.25) is 0 Å². The van der Waals surface area contributed by atoms with Gasteiger partial charge < -0.3 is 14.6 Å². The highest BCUT2D eigenvalue weighted by molar-refractivity contribution is 8.02. The minimum atomic E-state index is -1.19. The molecule has 0 saturated heterocycles. The topological polar surface area (TPSA) is 111 Å². The van der Waals surface area contributed by atoms with E-state index in [1.54, 1.807) is 30.0 Å². The summed E-state index contributed by atoms with van der Waals surface area (Å²) in [4.78, 5) is 23.5. The van der Waals surface area contributed by atoms with Crippen molar-refractivity contribution in [3.05, 3.63) is 40.3 Å². The number of carboxylic acids is 1. The minimum Gasteiger partial charge on any atom is -0.493 e. The fourth-order valence-corrected chi connectivity index (χ4v) is 4.11. The van der Waals surface area contributed by atoms with Gasteiger partial charge in [0.1, 0.15) is 11.5 Å². The number of benzene rings is 1. The molecule has 0 spiro atoms. The Morgan fingerprint density at radius 2 is 2.07 bits per heavy atom. The maximum atomic E-state index is 12.6. The third kappa shape index (κ3) is 6.20. The summed E-state index contributed by atoms with van der Waals surface area (Å²) in [6, 6.07) is 4.99. The Morgan fingerprint density at radius 3 is 2.72 bits per heavy atom. The van der Waals surface area contributed by atoms with Crippen LogP contribution in [0, 0.1) is 5.92 Å². The largest absolute Gasteiger partial charge is 0.493 e. The van der Waals surface area contributed by atoms with Crippen LogP contribution in [0.15, 0.2) is 29.7 Å². The molecule has 0 bridgehead atoms. The van der Waals surface area contributed by atoms with Gasteiger partial charge in [-0.2, -0.15) is 0 Å². The lowest BCUT2D eigenvalue weighted by Crippen LogP contribution is -2.13. The van der Waals surface area contributed by atoms with Gasteiger partial charge in [-0.3, -0.25) is 10.1 Å². The first-order chi connectivity index (χ1) is 13.9. The van der Waals surface area contributed by atoms with Crippen LogP contribution in [0.4, 0.5) is 5.13 Å². The van der Waals surface area contributed by atoms with Gasteiger partial charge >= 0.3 is 5.97 Å². The number of hydrogen-bond acceptors (Lipinski definition) is 8. The van der Waals surface area contributed by atoms with Gasteiger partial charge in [0.2, 0.25) is 10.1 Å². The molecule has 1 aromatic heterocycles. The summed E-state index contributed by atoms with van der Waals surface area (Å²) in [7, 11) is 0. The summed E-state index contributed by atoms with van der Waals surface area (Å²) in [5.74, 6) is 0.967. The molecule has 2 N–H and O–H groups in total. The van der Waals surface area contributed by atoms with Crippen LogP contribution in [0.3, 0.4) is 0 Å². The Labute approximate surface area is 176 Å². The number of nitrogens with zero attached hydrogens (tertiary/aromatic N) is 2. The lowest BCUT2D eigenvalue weighted by Gasteiger charge is -2.14. The molecule has 3 rings (SSSR count). The van der Waals surface area contributed by atoms with Crippen molar-refractivity contribution in [1.82, 2.24) is 10.2 Å². The normalized spacial score (nSPS) is 15.5. The molecule has 0 fully saturated rings. The highest BCUT2D eigenvalue weighted by Gasteiger charge is 2.16. The van der Waals surface area contributed by atoms with E-state index in [0.29, 0.717) is 29.6 Å². The first-order valence-electron chi connectivity index (χ1n) is 9.01. The van der Waals surface area contributed by atoms with Gasteiger partial charge in [-0.05, 0) is 43.7 Å². The molecule has 29 heavy (non-hydrogen) atoms. The van der Waals surface area contributed by atoms with Crippen molar-refractivity contribution >= 4 is 40.1 Å². The molecule has 1 unspecified atom stereocenters. The molecule has 0 radical (unpaired) electrons. The van der Waals surface area contributed by atoms with Gasteiger partial charge in [0.15, 0.2) is 0 Å². The summed E-state index contributed by atoms with van der Waals surface area (Å²) >= 11 is 2.58. The van der Waals surface area contributed by atoms with E-state index in [9.17, 15) is 9.59 Å². The summed E-state index contributed by atoms with van der Waals surface area (Å²) in [5.41, 5.74) is 0.321. The summed E-state index contributed by atoms with van der Waals surface area (Å²) < 4.78 is 11.6. The van der Waals surface area contributed by atoms with E-state index in [1.807, 2.05) is 13.8 Å². The zero-order chi connectivity index (χ0) is 20.8. The Balaban J connectivity index is 1.71. The average Bonchev–Trinajstić information content (AvgIpc) is 3.33. The van der Waals surface area contributed by atoms with Gasteiger partial charge in [-0.15, -0.1) is 22.0 Å². The fourth-order valence-electron chi connectivity index (χ4n) is 2.56. The van der Waals surface area contributed by atoms with Crippen molar-refractivity contribution in [3.8, 4) is 11.5 Å². The number of carboxylic acid groups (broad SMARTS) is 1. The predicted molar refractivity (Wildman–Crippen MR) is 112 cm³/mol. The van der Waals surface area contributed by atoms with Gasteiger partial charge in [-0.25, -0.2) is 4.79 Å². The zero-order valence-corrected chi connectivity index (χ0v) is 17.6. The number of aromatic nitrogens is 2. The number of carbonyl (C=O) groups is 2. The number of allylic oxidation sites excluding steroid dienone is 1. The van der Waals surface area contributed by atoms with Crippen molar-refractivity contribution in [2.45, 2.75) is 26.4 Å². The zero-order valence-electron chi connectivity index (χ0n) is 16.0. The molecular weight excluding hydrogens is 414 g/mol. The molecule has 8 nitrogen and oxygen atoms in total. The number of carbonyl (C=O) groups excluding carboxylic acids is 1. The predicted octanol–water partition coefficient (Wildman–Crippen LogP) is 3.92. The van der Waals surface area contributed by atoms with Crippen LogP contribution in [0.1, 0.15) is 40.4 Å². The van der Waals surface area contributed by atoms with Gasteiger partial charge in [0.25, 0.3) is 5.91 Å². The minimum absolute atomic E-state index is 0.0666. The molecular formula is C19H21N3O5S2. The smallest absolute Gasteiger partial charge is 0.367 e. The Morgan fingerprint density at radius 1 is 1.28 bits per heavy atom. The second-order valence-corrected chi connectivity index (χ2v) is 8.51. The van der Waals surface area contributed by atoms with Crippen molar-refractivity contribution in [2.24, 2.45) is 5.92 Å². The highest BCUT2D eigenvalue weighted by atomic mass is 32.2. The van der Waals surface area contributed by atoms with E-state index in [1.165, 1.54) is 0 Å². The first kappa shape index (κ1) is 21.1. The van der Waals surface area contributed by atoms with Crippen LogP contribution in [0.25, 0.3) is 0 Å². The average molecular weight is 436 g/mol. The monoisotopic (exact) mass is 435 g/mol. The molecule has 154 valence electrons. The second kappa shape index (κ2) is 9.75. The molecule has 1 amide bonds. The maximum Gasteiger partial charge on any atom is 0.367 e. The number of rotatable bonds is 9. The van der Waals surface area contributed by atoms with Crippen LogP contribution in [-0.4, -0.2) is 45.6 Å². The number of amides is 1. The van der Waals surface area contributed by atoms with Gasteiger partial charge in [-0.1, -0.05) is 17.4 Å². The quantitative estimate of drug-likeness (QED) is 0.610. The molecule has 1 aliphatic heterocycles. The molecule has 0 saturated carbocycles. The number of aromatic carboxylic acids is 1. The van der Waals surface area contributed by atoms with E-state index in [2.05, 4.69) is 27.0 Å². The number of hydrogen-bond donors (Lipinski definition) is 2. The van der Waals surface area contributed by atoms with Crippen molar-refractivity contribution in [2.75, 3.05) is 17.7 Å². The lowest BCUT2D eigenvalue weighted by molar-refractivity contribution is 0.0695. The Hall–Kier alpha value is -2.59. The number of ether oxygens (including phenoxy) is 2. The molecule has 1 aliphatic rings. The summed E-state index contributed by atoms with van der Waals surface area (Å²) in [6.45, 7) is 4.32. The molecule has 0 aliphatic carbocycles. The van der Waals surface area contributed by atoms with E-state index >= 15 is 0 Å². The lowest BCUT2D eigenvalue weighted by atomic mass is 10.1. The first-order valence-corrected chi connectivity index (χ1v) is 10.9. The van der Waals surface area contributed by atoms with Crippen LogP contribution in [-0.2, 0) is 0 Å². The van der Waals surface area contributed by atoms with Crippen LogP contribution < -0.4 is 14.8 Å². The summed E-state index contributed by atoms with van der Waals surface area (Å²) in [6.07, 6.45) is 3.00. The molecule has 1 atom stereocenters. The van der Waals surface area contributed by atoms with E-state index in [0.717, 1.165) is 23.5 Å². The molecule has 2 aromatic rings. The van der Waals surface area contributed by atoms with E-state index in [-0.39, 0.29) is 16.2 Å². The van der Waals surface area contributed by atoms with E-state index < -0.39 is 11.9 Å². The standard InChI is InChI=1S/C19H21N3O5S2/c1-11(2)27-15-8-13(16(23)20-19-22-21-17(29-19)18(24)25)7-14(9-15)26-5-3-12-4-6-28-10-12/h4,6-9,11-12H,3,5,10H2,1-2H3,(H,24,25)(H,20,22,23). The Bertz CT molecular complexity index is 913. The number of nitrogens with one attached hydrogen (secondary N) is 1. The SMILES string of the molecule is CC(C)Oc1cc(OCCC2C=CSC2)cc(C(=O)Nc2nnc(C(=O)O)s2)c1. The fraction of sp³-hybridized carbons (Fsp3) is 0.368. The van der Waals surface area contributed by atoms with Crippen LogP contribution in [0.5, 0.6) is 11.5 Å². The van der Waals surface area contributed by atoms with Gasteiger partial charge in [0, 0.05) is 17.4 Å². The van der Waals surface area contributed by atoms with Crippen molar-refractivity contribution in [3.63, 3.8) is 0 Å². The number of thioether (sulfide) groups is 1. The molecule has 10 heteroatoms.